The zero-order chi connectivity index (χ0) is 17.6. The molecule has 1 amide bonds. The number of amides is 1. The largest absolute Gasteiger partial charge is 0.379 e. The molecule has 5 nitrogen and oxygen atoms in total. The Morgan fingerprint density at radius 2 is 2.00 bits per heavy atom. The summed E-state index contributed by atoms with van der Waals surface area (Å²) in [5.41, 5.74) is 7.36. The molecule has 1 aromatic heterocycles. The van der Waals surface area contributed by atoms with Crippen LogP contribution in [0.1, 0.15) is 26.8 Å². The van der Waals surface area contributed by atoms with Gasteiger partial charge < -0.3 is 15.4 Å². The summed E-state index contributed by atoms with van der Waals surface area (Å²) in [7, 11) is 1.88. The van der Waals surface area contributed by atoms with Gasteiger partial charge in [0.1, 0.15) is 0 Å². The van der Waals surface area contributed by atoms with Crippen LogP contribution in [0, 0.1) is 0 Å². The van der Waals surface area contributed by atoms with E-state index in [4.69, 9.17) is 10.5 Å². The second kappa shape index (κ2) is 8.58. The number of nitrogens with two attached hydrogens (primary N) is 1. The smallest absolute Gasteiger partial charge is 0.253 e. The monoisotopic (exact) mass is 359 g/mol. The molecule has 1 atom stereocenters. The fourth-order valence-corrected chi connectivity index (χ4v) is 3.95. The molecule has 1 aliphatic heterocycles. The SMILES string of the molecule is CN(CC(c1cccs1)N1CCOCC1)C(=O)c1ccc(CN)cc1. The van der Waals surface area contributed by atoms with E-state index in [2.05, 4.69) is 22.4 Å². The molecule has 0 radical (unpaired) electrons. The molecule has 1 saturated heterocycles. The van der Waals surface area contributed by atoms with Crippen molar-refractivity contribution < 1.29 is 9.53 Å². The van der Waals surface area contributed by atoms with E-state index >= 15 is 0 Å². The van der Waals surface area contributed by atoms with E-state index in [1.807, 2.05) is 36.2 Å². The molecule has 2 heterocycles. The normalized spacial score (nSPS) is 16.6. The Morgan fingerprint density at radius 3 is 2.60 bits per heavy atom. The third kappa shape index (κ3) is 4.46. The lowest BCUT2D eigenvalue weighted by Crippen LogP contribution is -2.44. The molecule has 134 valence electrons. The van der Waals surface area contributed by atoms with Gasteiger partial charge in [-0.25, -0.2) is 0 Å². The fourth-order valence-electron chi connectivity index (χ4n) is 3.10. The quantitative estimate of drug-likeness (QED) is 0.860. The van der Waals surface area contributed by atoms with Crippen molar-refractivity contribution >= 4 is 17.2 Å². The molecule has 1 aromatic carbocycles. The number of likely N-dealkylation sites (N-methyl/N-ethyl adjacent to an activating group) is 1. The lowest BCUT2D eigenvalue weighted by atomic mass is 10.1. The molecule has 1 aliphatic rings. The van der Waals surface area contributed by atoms with Gasteiger partial charge in [0.25, 0.3) is 5.91 Å². The zero-order valence-electron chi connectivity index (χ0n) is 14.6. The highest BCUT2D eigenvalue weighted by atomic mass is 32.1. The third-order valence-corrected chi connectivity index (χ3v) is 5.56. The Hall–Kier alpha value is -1.73. The predicted molar refractivity (Wildman–Crippen MR) is 101 cm³/mol. The van der Waals surface area contributed by atoms with Crippen molar-refractivity contribution in [2.45, 2.75) is 12.6 Å². The Labute approximate surface area is 153 Å². The standard InChI is InChI=1S/C19H25N3O2S/c1-21(19(23)16-6-4-15(13-20)5-7-16)14-17(18-3-2-12-25-18)22-8-10-24-11-9-22/h2-7,12,17H,8-11,13-14,20H2,1H3. The Balaban J connectivity index is 1.72. The summed E-state index contributed by atoms with van der Waals surface area (Å²) in [5, 5.41) is 2.09. The lowest BCUT2D eigenvalue weighted by Gasteiger charge is -2.36. The maximum atomic E-state index is 12.8. The lowest BCUT2D eigenvalue weighted by molar-refractivity contribution is 0.0104. The van der Waals surface area contributed by atoms with Crippen molar-refractivity contribution in [2.24, 2.45) is 5.73 Å². The summed E-state index contributed by atoms with van der Waals surface area (Å²) < 4.78 is 5.48. The van der Waals surface area contributed by atoms with Crippen LogP contribution in [0.4, 0.5) is 0 Å². The number of carbonyl (C=O) groups excluding carboxylic acids is 1. The number of ether oxygens (including phenoxy) is 1. The average Bonchev–Trinajstić information content (AvgIpc) is 3.20. The minimum atomic E-state index is 0.0402. The van der Waals surface area contributed by atoms with E-state index in [1.54, 1.807) is 11.3 Å². The van der Waals surface area contributed by atoms with Gasteiger partial charge in [0.2, 0.25) is 0 Å². The first-order chi connectivity index (χ1) is 12.2. The minimum absolute atomic E-state index is 0.0402. The van der Waals surface area contributed by atoms with Crippen LogP contribution in [0.5, 0.6) is 0 Å². The maximum Gasteiger partial charge on any atom is 0.253 e. The molecule has 6 heteroatoms. The molecule has 0 saturated carbocycles. The van der Waals surface area contributed by atoms with Crippen LogP contribution in [-0.4, -0.2) is 55.6 Å². The Kier molecular flexibility index (Phi) is 6.20. The van der Waals surface area contributed by atoms with E-state index in [-0.39, 0.29) is 11.9 Å². The van der Waals surface area contributed by atoms with Gasteiger partial charge in [0.15, 0.2) is 0 Å². The van der Waals surface area contributed by atoms with E-state index in [9.17, 15) is 4.79 Å². The number of hydrogen-bond acceptors (Lipinski definition) is 5. The maximum absolute atomic E-state index is 12.8. The fraction of sp³-hybridized carbons (Fsp3) is 0.421. The van der Waals surface area contributed by atoms with Gasteiger partial charge in [0.05, 0.1) is 19.3 Å². The van der Waals surface area contributed by atoms with Crippen LogP contribution in [0.3, 0.4) is 0 Å². The molecule has 25 heavy (non-hydrogen) atoms. The predicted octanol–water partition coefficient (Wildman–Crippen LogP) is 2.35. The molecule has 3 rings (SSSR count). The second-order valence-electron chi connectivity index (χ2n) is 6.27. The highest BCUT2D eigenvalue weighted by Gasteiger charge is 2.26. The number of nitrogens with zero attached hydrogens (tertiary/aromatic N) is 2. The molecule has 0 spiro atoms. The molecule has 0 bridgehead atoms. The summed E-state index contributed by atoms with van der Waals surface area (Å²) >= 11 is 1.74. The van der Waals surface area contributed by atoms with E-state index < -0.39 is 0 Å². The first-order valence-corrected chi connectivity index (χ1v) is 9.46. The highest BCUT2D eigenvalue weighted by Crippen LogP contribution is 2.27. The summed E-state index contributed by atoms with van der Waals surface area (Å²) in [6.07, 6.45) is 0. The molecular formula is C19H25N3O2S. The van der Waals surface area contributed by atoms with Crippen molar-refractivity contribution in [2.75, 3.05) is 39.9 Å². The van der Waals surface area contributed by atoms with Crippen LogP contribution in [0.15, 0.2) is 41.8 Å². The first-order valence-electron chi connectivity index (χ1n) is 8.58. The van der Waals surface area contributed by atoms with Gasteiger partial charge in [-0.2, -0.15) is 0 Å². The highest BCUT2D eigenvalue weighted by molar-refractivity contribution is 7.10. The van der Waals surface area contributed by atoms with Crippen LogP contribution in [-0.2, 0) is 11.3 Å². The number of thiophene rings is 1. The summed E-state index contributed by atoms with van der Waals surface area (Å²) in [6.45, 7) is 4.45. The van der Waals surface area contributed by atoms with Crippen molar-refractivity contribution in [1.29, 1.82) is 0 Å². The van der Waals surface area contributed by atoms with Gasteiger partial charge in [-0.05, 0) is 29.1 Å². The van der Waals surface area contributed by atoms with E-state index in [0.29, 0.717) is 18.7 Å². The van der Waals surface area contributed by atoms with Crippen LogP contribution in [0.25, 0.3) is 0 Å². The number of rotatable bonds is 6. The first kappa shape index (κ1) is 18.1. The number of hydrogen-bond donors (Lipinski definition) is 1. The van der Waals surface area contributed by atoms with E-state index in [0.717, 1.165) is 31.9 Å². The Bertz CT molecular complexity index is 666. The van der Waals surface area contributed by atoms with Crippen LogP contribution in [0.2, 0.25) is 0 Å². The molecule has 0 aliphatic carbocycles. The van der Waals surface area contributed by atoms with Gasteiger partial charge in [-0.3, -0.25) is 9.69 Å². The summed E-state index contributed by atoms with van der Waals surface area (Å²) in [5.74, 6) is 0.0402. The minimum Gasteiger partial charge on any atom is -0.379 e. The molecule has 1 unspecified atom stereocenters. The van der Waals surface area contributed by atoms with Gasteiger partial charge in [0, 0.05) is 43.7 Å². The third-order valence-electron chi connectivity index (χ3n) is 4.59. The van der Waals surface area contributed by atoms with Crippen LogP contribution >= 0.6 is 11.3 Å². The van der Waals surface area contributed by atoms with Crippen molar-refractivity contribution in [3.63, 3.8) is 0 Å². The average molecular weight is 359 g/mol. The summed E-state index contributed by atoms with van der Waals surface area (Å²) in [6, 6.07) is 12.0. The topological polar surface area (TPSA) is 58.8 Å². The summed E-state index contributed by atoms with van der Waals surface area (Å²) in [4.78, 5) is 18.3. The van der Waals surface area contributed by atoms with Gasteiger partial charge in [-0.1, -0.05) is 18.2 Å². The molecular weight excluding hydrogens is 334 g/mol. The van der Waals surface area contributed by atoms with Gasteiger partial charge >= 0.3 is 0 Å². The van der Waals surface area contributed by atoms with Crippen LogP contribution < -0.4 is 5.73 Å². The number of morpholine rings is 1. The zero-order valence-corrected chi connectivity index (χ0v) is 15.4. The van der Waals surface area contributed by atoms with Crippen molar-refractivity contribution in [3.05, 3.63) is 57.8 Å². The van der Waals surface area contributed by atoms with Crippen molar-refractivity contribution in [3.8, 4) is 0 Å². The van der Waals surface area contributed by atoms with E-state index in [1.165, 1.54) is 4.88 Å². The molecule has 1 fully saturated rings. The van der Waals surface area contributed by atoms with Gasteiger partial charge in [-0.15, -0.1) is 11.3 Å². The molecule has 2 N–H and O–H groups in total. The number of benzene rings is 1. The second-order valence-corrected chi connectivity index (χ2v) is 7.25. The van der Waals surface area contributed by atoms with Crippen molar-refractivity contribution in [1.82, 2.24) is 9.80 Å². The Morgan fingerprint density at radius 1 is 1.28 bits per heavy atom. The number of carbonyl (C=O) groups is 1. The molecule has 2 aromatic rings.